The molecule has 0 spiro atoms. The summed E-state index contributed by atoms with van der Waals surface area (Å²) >= 11 is 1.54. The summed E-state index contributed by atoms with van der Waals surface area (Å²) in [6.45, 7) is 4.37. The Balaban J connectivity index is 1.46. The molecule has 148 valence electrons. The molecular formula is C25H21N3OS. The molecule has 1 aromatic heterocycles. The highest BCUT2D eigenvalue weighted by atomic mass is 32.1. The highest BCUT2D eigenvalue weighted by molar-refractivity contribution is 7.14. The summed E-state index contributed by atoms with van der Waals surface area (Å²) < 4.78 is 0. The third-order valence-electron chi connectivity index (χ3n) is 4.57. The maximum atomic E-state index is 12.7. The average Bonchev–Trinajstić information content (AvgIpc) is 3.28. The Bertz CT molecular complexity index is 1150. The van der Waals surface area contributed by atoms with Crippen LogP contribution in [0.1, 0.15) is 10.4 Å². The van der Waals surface area contributed by atoms with Gasteiger partial charge in [0.25, 0.3) is 5.91 Å². The van der Waals surface area contributed by atoms with E-state index in [-0.39, 0.29) is 5.91 Å². The van der Waals surface area contributed by atoms with E-state index in [1.165, 1.54) is 0 Å². The molecule has 0 aliphatic heterocycles. The summed E-state index contributed by atoms with van der Waals surface area (Å²) in [5, 5.41) is 9.01. The summed E-state index contributed by atoms with van der Waals surface area (Å²) in [6.07, 6.45) is 1.80. The average molecular weight is 412 g/mol. The molecule has 4 aromatic rings. The molecular weight excluding hydrogens is 390 g/mol. The van der Waals surface area contributed by atoms with Gasteiger partial charge in [-0.25, -0.2) is 4.98 Å². The highest BCUT2D eigenvalue weighted by Gasteiger charge is 2.09. The first kappa shape index (κ1) is 19.6. The molecule has 0 radical (unpaired) electrons. The fourth-order valence-corrected chi connectivity index (χ4v) is 3.78. The Hall–Kier alpha value is -3.70. The van der Waals surface area contributed by atoms with Crippen LogP contribution in [0.3, 0.4) is 0 Å². The van der Waals surface area contributed by atoms with Crippen molar-refractivity contribution in [3.63, 3.8) is 0 Å². The number of aromatic nitrogens is 1. The standard InChI is InChI=1S/C25H21N3OS/c1-2-15-26-25-28-23(17-30-25)21-9-6-10-22(16-21)27-24(29)20-13-11-19(12-14-20)18-7-4-3-5-8-18/h2-14,16-17H,1,15H2,(H,26,28)(H,27,29). The molecule has 1 heterocycles. The number of rotatable bonds is 7. The Morgan fingerprint density at radius 3 is 2.43 bits per heavy atom. The normalized spacial score (nSPS) is 10.4. The highest BCUT2D eigenvalue weighted by Crippen LogP contribution is 2.27. The number of hydrogen-bond acceptors (Lipinski definition) is 4. The van der Waals surface area contributed by atoms with Gasteiger partial charge in [-0.3, -0.25) is 4.79 Å². The topological polar surface area (TPSA) is 54.0 Å². The molecule has 1 amide bonds. The van der Waals surface area contributed by atoms with Crippen molar-refractivity contribution in [1.82, 2.24) is 4.98 Å². The first-order valence-electron chi connectivity index (χ1n) is 9.60. The van der Waals surface area contributed by atoms with E-state index < -0.39 is 0 Å². The van der Waals surface area contributed by atoms with Crippen molar-refractivity contribution in [2.75, 3.05) is 17.2 Å². The molecule has 0 aliphatic carbocycles. The lowest BCUT2D eigenvalue weighted by atomic mass is 10.0. The zero-order valence-electron chi connectivity index (χ0n) is 16.3. The fourth-order valence-electron chi connectivity index (χ4n) is 3.05. The molecule has 0 atom stereocenters. The van der Waals surface area contributed by atoms with Gasteiger partial charge in [0.15, 0.2) is 5.13 Å². The van der Waals surface area contributed by atoms with Gasteiger partial charge in [-0.05, 0) is 35.4 Å². The van der Waals surface area contributed by atoms with E-state index in [0.717, 1.165) is 33.2 Å². The molecule has 2 N–H and O–H groups in total. The Morgan fingerprint density at radius 1 is 0.933 bits per heavy atom. The molecule has 3 aromatic carbocycles. The smallest absolute Gasteiger partial charge is 0.255 e. The number of hydrogen-bond donors (Lipinski definition) is 2. The summed E-state index contributed by atoms with van der Waals surface area (Å²) in [4.78, 5) is 17.3. The first-order valence-corrected chi connectivity index (χ1v) is 10.5. The van der Waals surface area contributed by atoms with Crippen LogP contribution >= 0.6 is 11.3 Å². The minimum atomic E-state index is -0.140. The summed E-state index contributed by atoms with van der Waals surface area (Å²) in [5.74, 6) is -0.140. The van der Waals surface area contributed by atoms with Crippen LogP contribution in [-0.4, -0.2) is 17.4 Å². The molecule has 0 bridgehead atoms. The van der Waals surface area contributed by atoms with Gasteiger partial charge < -0.3 is 10.6 Å². The predicted octanol–water partition coefficient (Wildman–Crippen LogP) is 6.33. The molecule has 0 aliphatic rings. The van der Waals surface area contributed by atoms with Gasteiger partial charge in [-0.1, -0.05) is 60.7 Å². The maximum absolute atomic E-state index is 12.7. The van der Waals surface area contributed by atoms with E-state index in [1.54, 1.807) is 17.4 Å². The largest absolute Gasteiger partial charge is 0.358 e. The molecule has 0 saturated heterocycles. The van der Waals surface area contributed by atoms with E-state index in [0.29, 0.717) is 12.1 Å². The minimum absolute atomic E-state index is 0.140. The van der Waals surface area contributed by atoms with Crippen molar-refractivity contribution in [2.24, 2.45) is 0 Å². The SMILES string of the molecule is C=CCNc1nc(-c2cccc(NC(=O)c3ccc(-c4ccccc4)cc3)c2)cs1. The van der Waals surface area contributed by atoms with Crippen molar-refractivity contribution in [3.05, 3.63) is 102 Å². The number of carbonyl (C=O) groups excluding carboxylic acids is 1. The van der Waals surface area contributed by atoms with Crippen molar-refractivity contribution < 1.29 is 4.79 Å². The van der Waals surface area contributed by atoms with Gasteiger partial charge in [-0.15, -0.1) is 17.9 Å². The van der Waals surface area contributed by atoms with Gasteiger partial charge in [-0.2, -0.15) is 0 Å². The lowest BCUT2D eigenvalue weighted by molar-refractivity contribution is 0.102. The molecule has 30 heavy (non-hydrogen) atoms. The quantitative estimate of drug-likeness (QED) is 0.350. The second-order valence-corrected chi connectivity index (χ2v) is 7.54. The Kier molecular flexibility index (Phi) is 6.01. The second kappa shape index (κ2) is 9.20. The first-order chi connectivity index (χ1) is 14.7. The van der Waals surface area contributed by atoms with Crippen LogP contribution in [0.2, 0.25) is 0 Å². The number of benzene rings is 3. The Labute approximate surface area is 179 Å². The maximum Gasteiger partial charge on any atom is 0.255 e. The summed E-state index contributed by atoms with van der Waals surface area (Å²) in [6, 6.07) is 25.4. The predicted molar refractivity (Wildman–Crippen MR) is 126 cm³/mol. The lowest BCUT2D eigenvalue weighted by Gasteiger charge is -2.08. The number of thiazole rings is 1. The van der Waals surface area contributed by atoms with Gasteiger partial charge in [0.05, 0.1) is 5.69 Å². The van der Waals surface area contributed by atoms with Crippen LogP contribution in [0.5, 0.6) is 0 Å². The molecule has 4 rings (SSSR count). The van der Waals surface area contributed by atoms with E-state index in [4.69, 9.17) is 0 Å². The number of nitrogens with zero attached hydrogens (tertiary/aromatic N) is 1. The molecule has 0 unspecified atom stereocenters. The number of nitrogens with one attached hydrogen (secondary N) is 2. The zero-order chi connectivity index (χ0) is 20.8. The summed E-state index contributed by atoms with van der Waals surface area (Å²) in [5.41, 5.74) is 5.38. The van der Waals surface area contributed by atoms with Crippen LogP contribution < -0.4 is 10.6 Å². The van der Waals surface area contributed by atoms with E-state index in [2.05, 4.69) is 34.3 Å². The van der Waals surface area contributed by atoms with Crippen molar-refractivity contribution in [3.8, 4) is 22.4 Å². The second-order valence-electron chi connectivity index (χ2n) is 6.69. The number of anilines is 2. The van der Waals surface area contributed by atoms with Crippen LogP contribution in [-0.2, 0) is 0 Å². The van der Waals surface area contributed by atoms with Crippen LogP contribution in [0.15, 0.2) is 96.9 Å². The Morgan fingerprint density at radius 2 is 1.67 bits per heavy atom. The van der Waals surface area contributed by atoms with Crippen molar-refractivity contribution in [1.29, 1.82) is 0 Å². The molecule has 0 saturated carbocycles. The van der Waals surface area contributed by atoms with Gasteiger partial charge in [0.1, 0.15) is 0 Å². The lowest BCUT2D eigenvalue weighted by Crippen LogP contribution is -2.11. The van der Waals surface area contributed by atoms with Gasteiger partial charge >= 0.3 is 0 Å². The number of carbonyl (C=O) groups is 1. The van der Waals surface area contributed by atoms with E-state index >= 15 is 0 Å². The van der Waals surface area contributed by atoms with Gasteiger partial charge in [0, 0.05) is 28.7 Å². The monoisotopic (exact) mass is 411 g/mol. The van der Waals surface area contributed by atoms with Gasteiger partial charge in [0.2, 0.25) is 0 Å². The molecule has 0 fully saturated rings. The third-order valence-corrected chi connectivity index (χ3v) is 5.37. The van der Waals surface area contributed by atoms with E-state index in [1.807, 2.05) is 72.1 Å². The fraction of sp³-hybridized carbons (Fsp3) is 0.0400. The van der Waals surface area contributed by atoms with Crippen molar-refractivity contribution >= 4 is 28.1 Å². The third kappa shape index (κ3) is 4.64. The summed E-state index contributed by atoms with van der Waals surface area (Å²) in [7, 11) is 0. The molecule has 5 heteroatoms. The molecule has 4 nitrogen and oxygen atoms in total. The zero-order valence-corrected chi connectivity index (χ0v) is 17.2. The van der Waals surface area contributed by atoms with Crippen LogP contribution in [0.4, 0.5) is 10.8 Å². The van der Waals surface area contributed by atoms with Crippen LogP contribution in [0.25, 0.3) is 22.4 Å². The van der Waals surface area contributed by atoms with Crippen molar-refractivity contribution in [2.45, 2.75) is 0 Å². The van der Waals surface area contributed by atoms with E-state index in [9.17, 15) is 4.79 Å². The van der Waals surface area contributed by atoms with Crippen LogP contribution in [0, 0.1) is 0 Å². The number of amides is 1. The minimum Gasteiger partial charge on any atom is -0.358 e.